The fraction of sp³-hybridized carbons (Fsp3) is 0.364. The van der Waals surface area contributed by atoms with Crippen molar-refractivity contribution >= 4 is 17.6 Å². The van der Waals surface area contributed by atoms with Crippen LogP contribution in [0.25, 0.3) is 0 Å². The Labute approximate surface area is 97.8 Å². The summed E-state index contributed by atoms with van der Waals surface area (Å²) in [7, 11) is 0. The van der Waals surface area contributed by atoms with E-state index in [4.69, 9.17) is 21.4 Å². The van der Waals surface area contributed by atoms with Gasteiger partial charge in [0.1, 0.15) is 11.3 Å². The highest BCUT2D eigenvalue weighted by Crippen LogP contribution is 2.25. The maximum atomic E-state index is 13.3. The van der Waals surface area contributed by atoms with Gasteiger partial charge in [-0.3, -0.25) is 0 Å². The lowest BCUT2D eigenvalue weighted by Crippen LogP contribution is -2.07. The third kappa shape index (κ3) is 3.10. The highest BCUT2D eigenvalue weighted by Gasteiger charge is 2.16. The first-order valence-electron chi connectivity index (χ1n) is 4.77. The number of carboxylic acids is 1. The Hall–Kier alpha value is -1.29. The van der Waals surface area contributed by atoms with Crippen molar-refractivity contribution in [2.45, 2.75) is 13.8 Å². The van der Waals surface area contributed by atoms with Gasteiger partial charge in [-0.15, -0.1) is 0 Å². The van der Waals surface area contributed by atoms with Crippen molar-refractivity contribution in [2.24, 2.45) is 5.92 Å². The zero-order valence-corrected chi connectivity index (χ0v) is 9.71. The number of halogens is 2. The average Bonchev–Trinajstić information content (AvgIpc) is 2.19. The molecule has 0 saturated carbocycles. The Morgan fingerprint density at radius 1 is 1.56 bits per heavy atom. The van der Waals surface area contributed by atoms with Crippen LogP contribution in [0.15, 0.2) is 12.1 Å². The molecule has 88 valence electrons. The molecule has 0 aliphatic rings. The third-order valence-corrected chi connectivity index (χ3v) is 2.09. The van der Waals surface area contributed by atoms with E-state index >= 15 is 0 Å². The fourth-order valence-corrected chi connectivity index (χ4v) is 1.28. The molecule has 0 saturated heterocycles. The molecular weight excluding hydrogens is 235 g/mol. The molecule has 0 heterocycles. The minimum absolute atomic E-state index is 0.251. The van der Waals surface area contributed by atoms with Crippen molar-refractivity contribution in [1.29, 1.82) is 0 Å². The van der Waals surface area contributed by atoms with E-state index in [1.807, 2.05) is 13.8 Å². The molecule has 0 spiro atoms. The van der Waals surface area contributed by atoms with Crippen LogP contribution in [-0.4, -0.2) is 17.7 Å². The first-order chi connectivity index (χ1) is 7.41. The van der Waals surface area contributed by atoms with Gasteiger partial charge in [-0.05, 0) is 12.0 Å². The van der Waals surface area contributed by atoms with Gasteiger partial charge >= 0.3 is 5.97 Å². The molecule has 1 N–H and O–H groups in total. The van der Waals surface area contributed by atoms with E-state index in [-0.39, 0.29) is 16.7 Å². The van der Waals surface area contributed by atoms with E-state index in [0.29, 0.717) is 6.61 Å². The number of ether oxygens (including phenoxy) is 1. The van der Waals surface area contributed by atoms with Gasteiger partial charge < -0.3 is 9.84 Å². The minimum atomic E-state index is -1.37. The zero-order chi connectivity index (χ0) is 12.3. The van der Waals surface area contributed by atoms with Crippen molar-refractivity contribution in [1.82, 2.24) is 0 Å². The van der Waals surface area contributed by atoms with Gasteiger partial charge in [0.2, 0.25) is 0 Å². The Morgan fingerprint density at radius 2 is 2.19 bits per heavy atom. The highest BCUT2D eigenvalue weighted by atomic mass is 35.5. The summed E-state index contributed by atoms with van der Waals surface area (Å²) in [6.07, 6.45) is 0. The number of benzene rings is 1. The van der Waals surface area contributed by atoms with E-state index < -0.39 is 17.3 Å². The predicted molar refractivity (Wildman–Crippen MR) is 58.7 cm³/mol. The number of aromatic carboxylic acids is 1. The second-order valence-corrected chi connectivity index (χ2v) is 4.18. The second-order valence-electron chi connectivity index (χ2n) is 3.78. The van der Waals surface area contributed by atoms with Crippen molar-refractivity contribution in [3.63, 3.8) is 0 Å². The molecule has 5 heteroatoms. The lowest BCUT2D eigenvalue weighted by atomic mass is 10.2. The zero-order valence-electron chi connectivity index (χ0n) is 8.96. The van der Waals surface area contributed by atoms with Gasteiger partial charge in [-0.2, -0.15) is 0 Å². The Kier molecular flexibility index (Phi) is 4.12. The number of carbonyl (C=O) groups is 1. The first-order valence-corrected chi connectivity index (χ1v) is 5.14. The summed E-state index contributed by atoms with van der Waals surface area (Å²) < 4.78 is 18.5. The summed E-state index contributed by atoms with van der Waals surface area (Å²) in [5.74, 6) is -1.75. The van der Waals surface area contributed by atoms with Crippen LogP contribution in [0.1, 0.15) is 24.2 Å². The molecule has 0 unspecified atom stereocenters. The Bertz CT molecular complexity index is 404. The fourth-order valence-electron chi connectivity index (χ4n) is 1.07. The van der Waals surface area contributed by atoms with Crippen molar-refractivity contribution in [3.05, 3.63) is 28.5 Å². The molecule has 0 aliphatic carbocycles. The largest absolute Gasteiger partial charge is 0.493 e. The SMILES string of the molecule is CC(C)COc1cc(Cl)c(F)c(C(=O)O)c1. The van der Waals surface area contributed by atoms with Crippen molar-refractivity contribution in [2.75, 3.05) is 6.61 Å². The van der Waals surface area contributed by atoms with Crippen LogP contribution in [0, 0.1) is 11.7 Å². The van der Waals surface area contributed by atoms with Crippen LogP contribution in [0.4, 0.5) is 4.39 Å². The molecule has 0 aromatic heterocycles. The molecule has 3 nitrogen and oxygen atoms in total. The topological polar surface area (TPSA) is 46.5 Å². The van der Waals surface area contributed by atoms with Gasteiger partial charge in [0.05, 0.1) is 11.6 Å². The monoisotopic (exact) mass is 246 g/mol. The Balaban J connectivity index is 3.00. The van der Waals surface area contributed by atoms with Gasteiger partial charge in [0.25, 0.3) is 0 Å². The summed E-state index contributed by atoms with van der Waals surface area (Å²) in [5.41, 5.74) is -0.480. The summed E-state index contributed by atoms with van der Waals surface area (Å²) in [4.78, 5) is 10.7. The molecule has 1 rings (SSSR count). The van der Waals surface area contributed by atoms with Gasteiger partial charge in [0.15, 0.2) is 5.82 Å². The van der Waals surface area contributed by atoms with E-state index in [0.717, 1.165) is 6.07 Å². The number of hydrogen-bond donors (Lipinski definition) is 1. The molecule has 1 aromatic carbocycles. The highest BCUT2D eigenvalue weighted by molar-refractivity contribution is 6.31. The summed E-state index contributed by atoms with van der Waals surface area (Å²) in [5, 5.41) is 8.49. The molecule has 1 aromatic rings. The van der Waals surface area contributed by atoms with E-state index in [2.05, 4.69) is 0 Å². The van der Waals surface area contributed by atoms with E-state index in [1.54, 1.807) is 0 Å². The number of hydrogen-bond acceptors (Lipinski definition) is 2. The maximum Gasteiger partial charge on any atom is 0.338 e. The van der Waals surface area contributed by atoms with Crippen LogP contribution in [0.5, 0.6) is 5.75 Å². The lowest BCUT2D eigenvalue weighted by Gasteiger charge is -2.10. The first kappa shape index (κ1) is 12.8. The van der Waals surface area contributed by atoms with Crippen LogP contribution < -0.4 is 4.74 Å². The summed E-state index contributed by atoms with van der Waals surface area (Å²) in [6, 6.07) is 2.40. The van der Waals surface area contributed by atoms with Gasteiger partial charge in [-0.1, -0.05) is 25.4 Å². The van der Waals surface area contributed by atoms with E-state index in [1.165, 1.54) is 6.07 Å². The quantitative estimate of drug-likeness (QED) is 0.887. The third-order valence-electron chi connectivity index (χ3n) is 1.82. The van der Waals surface area contributed by atoms with Crippen molar-refractivity contribution < 1.29 is 19.0 Å². The molecule has 0 fully saturated rings. The Morgan fingerprint density at radius 3 is 2.69 bits per heavy atom. The predicted octanol–water partition coefficient (Wildman–Crippen LogP) is 3.21. The molecule has 0 atom stereocenters. The van der Waals surface area contributed by atoms with Crippen molar-refractivity contribution in [3.8, 4) is 5.75 Å². The van der Waals surface area contributed by atoms with E-state index in [9.17, 15) is 9.18 Å². The maximum absolute atomic E-state index is 13.3. The van der Waals surface area contributed by atoms with Crippen LogP contribution in [-0.2, 0) is 0 Å². The molecule has 0 aliphatic heterocycles. The molecule has 0 bridgehead atoms. The van der Waals surface area contributed by atoms with Gasteiger partial charge in [0, 0.05) is 6.07 Å². The van der Waals surface area contributed by atoms with Crippen LogP contribution in [0.2, 0.25) is 5.02 Å². The van der Waals surface area contributed by atoms with Crippen LogP contribution >= 0.6 is 11.6 Å². The second kappa shape index (κ2) is 5.16. The molecular formula is C11H12ClFO3. The number of rotatable bonds is 4. The average molecular weight is 247 g/mol. The lowest BCUT2D eigenvalue weighted by molar-refractivity contribution is 0.0691. The molecule has 0 amide bonds. The van der Waals surface area contributed by atoms with Crippen LogP contribution in [0.3, 0.4) is 0 Å². The summed E-state index contributed by atoms with van der Waals surface area (Å²) >= 11 is 5.56. The number of carboxylic acid groups (broad SMARTS) is 1. The standard InChI is InChI=1S/C11H12ClFO3/c1-6(2)5-16-7-3-8(11(14)15)10(13)9(12)4-7/h3-4,6H,5H2,1-2H3,(H,14,15). The molecule has 0 radical (unpaired) electrons. The smallest absolute Gasteiger partial charge is 0.338 e. The minimum Gasteiger partial charge on any atom is -0.493 e. The molecule has 16 heavy (non-hydrogen) atoms. The van der Waals surface area contributed by atoms with Gasteiger partial charge in [-0.25, -0.2) is 9.18 Å². The normalized spacial score (nSPS) is 10.6. The summed E-state index contributed by atoms with van der Waals surface area (Å²) in [6.45, 7) is 4.31.